The molecule has 1 unspecified atom stereocenters. The van der Waals surface area contributed by atoms with Crippen molar-refractivity contribution < 1.29 is 9.60 Å². The quantitative estimate of drug-likeness (QED) is 0.348. The van der Waals surface area contributed by atoms with Gasteiger partial charge in [-0.2, -0.15) is 0 Å². The van der Waals surface area contributed by atoms with Crippen LogP contribution in [0.25, 0.3) is 0 Å². The molecule has 1 atom stereocenters. The summed E-state index contributed by atoms with van der Waals surface area (Å²) in [7, 11) is 0. The molecule has 0 aliphatic rings. The summed E-state index contributed by atoms with van der Waals surface area (Å²) in [5.74, 6) is -0.199. The Labute approximate surface area is 106 Å². The van der Waals surface area contributed by atoms with Crippen molar-refractivity contribution in [3.05, 3.63) is 29.8 Å². The molecule has 0 amide bonds. The van der Waals surface area contributed by atoms with Crippen molar-refractivity contribution in [3.63, 3.8) is 0 Å². The predicted molar refractivity (Wildman–Crippen MR) is 67.7 cm³/mol. The molecule has 0 saturated carbocycles. The van der Waals surface area contributed by atoms with Gasteiger partial charge in [-0.25, -0.2) is 4.39 Å². The highest BCUT2D eigenvalue weighted by Crippen LogP contribution is 2.08. The van der Waals surface area contributed by atoms with E-state index in [4.69, 9.17) is 10.9 Å². The number of nitrogens with two attached hydrogens (primary N) is 1. The van der Waals surface area contributed by atoms with E-state index in [0.717, 1.165) is 12.1 Å². The molecule has 0 aromatic carbocycles. The Morgan fingerprint density at radius 1 is 1.61 bits per heavy atom. The van der Waals surface area contributed by atoms with Gasteiger partial charge < -0.3 is 10.9 Å². The maximum absolute atomic E-state index is 13.0. The lowest BCUT2D eigenvalue weighted by Gasteiger charge is -2.23. The van der Waals surface area contributed by atoms with Crippen molar-refractivity contribution in [2.75, 3.05) is 13.1 Å². The Bertz CT molecular complexity index is 411. The SMILES string of the molecule is CCN(Cc1cncc(F)c1)CC(C)/C(N)=N/O. The van der Waals surface area contributed by atoms with Crippen molar-refractivity contribution >= 4 is 5.84 Å². The molecule has 1 aromatic rings. The summed E-state index contributed by atoms with van der Waals surface area (Å²) < 4.78 is 13.0. The van der Waals surface area contributed by atoms with Gasteiger partial charge in [-0.1, -0.05) is 19.0 Å². The highest BCUT2D eigenvalue weighted by Gasteiger charge is 2.13. The Morgan fingerprint density at radius 3 is 2.89 bits per heavy atom. The second-order valence-electron chi connectivity index (χ2n) is 4.27. The molecular weight excluding hydrogens is 235 g/mol. The molecule has 5 nitrogen and oxygen atoms in total. The lowest BCUT2D eigenvalue weighted by molar-refractivity contribution is 0.257. The number of aromatic nitrogens is 1. The summed E-state index contributed by atoms with van der Waals surface area (Å²) in [6.45, 7) is 5.90. The molecule has 0 spiro atoms. The van der Waals surface area contributed by atoms with Crippen molar-refractivity contribution in [1.82, 2.24) is 9.88 Å². The Hall–Kier alpha value is -1.69. The third-order valence-electron chi connectivity index (χ3n) is 2.77. The van der Waals surface area contributed by atoms with E-state index in [2.05, 4.69) is 15.0 Å². The van der Waals surface area contributed by atoms with Gasteiger partial charge in [0.25, 0.3) is 0 Å². The smallest absolute Gasteiger partial charge is 0.143 e. The van der Waals surface area contributed by atoms with Gasteiger partial charge in [0.15, 0.2) is 0 Å². The number of hydrogen-bond donors (Lipinski definition) is 2. The number of oxime groups is 1. The third kappa shape index (κ3) is 4.29. The van der Waals surface area contributed by atoms with Gasteiger partial charge in [0, 0.05) is 25.2 Å². The summed E-state index contributed by atoms with van der Waals surface area (Å²) in [4.78, 5) is 5.89. The first kappa shape index (κ1) is 14.4. The fourth-order valence-electron chi connectivity index (χ4n) is 1.69. The van der Waals surface area contributed by atoms with Crippen LogP contribution in [0.2, 0.25) is 0 Å². The highest BCUT2D eigenvalue weighted by atomic mass is 19.1. The summed E-state index contributed by atoms with van der Waals surface area (Å²) in [6.07, 6.45) is 2.82. The van der Waals surface area contributed by atoms with E-state index < -0.39 is 0 Å². The summed E-state index contributed by atoms with van der Waals surface area (Å²) in [5.41, 5.74) is 6.35. The van der Waals surface area contributed by atoms with Crippen LogP contribution in [-0.4, -0.2) is 34.0 Å². The van der Waals surface area contributed by atoms with Crippen LogP contribution in [-0.2, 0) is 6.54 Å². The lowest BCUT2D eigenvalue weighted by atomic mass is 10.1. The molecule has 0 fully saturated rings. The number of hydrogen-bond acceptors (Lipinski definition) is 4. The molecule has 0 aliphatic heterocycles. The number of halogens is 1. The summed E-state index contributed by atoms with van der Waals surface area (Å²) in [5, 5.41) is 11.6. The molecule has 0 saturated heterocycles. The molecule has 0 bridgehead atoms. The van der Waals surface area contributed by atoms with E-state index in [9.17, 15) is 4.39 Å². The molecule has 1 aromatic heterocycles. The van der Waals surface area contributed by atoms with Crippen molar-refractivity contribution in [3.8, 4) is 0 Å². The maximum Gasteiger partial charge on any atom is 0.143 e. The first-order chi connectivity index (χ1) is 8.56. The lowest BCUT2D eigenvalue weighted by Crippen LogP contribution is -2.34. The molecular formula is C12H19FN4O. The topological polar surface area (TPSA) is 74.7 Å². The molecule has 0 aliphatic carbocycles. The fourth-order valence-corrected chi connectivity index (χ4v) is 1.69. The minimum Gasteiger partial charge on any atom is -0.409 e. The number of pyridine rings is 1. The van der Waals surface area contributed by atoms with Gasteiger partial charge in [0.1, 0.15) is 11.7 Å². The van der Waals surface area contributed by atoms with E-state index in [0.29, 0.717) is 13.1 Å². The van der Waals surface area contributed by atoms with Crippen molar-refractivity contribution in [2.45, 2.75) is 20.4 Å². The van der Waals surface area contributed by atoms with Crippen LogP contribution in [0.4, 0.5) is 4.39 Å². The zero-order chi connectivity index (χ0) is 13.5. The van der Waals surface area contributed by atoms with Crippen molar-refractivity contribution in [1.29, 1.82) is 0 Å². The van der Waals surface area contributed by atoms with Crippen LogP contribution in [0.1, 0.15) is 19.4 Å². The fraction of sp³-hybridized carbons (Fsp3) is 0.500. The van der Waals surface area contributed by atoms with Crippen LogP contribution < -0.4 is 5.73 Å². The van der Waals surface area contributed by atoms with Crippen LogP contribution in [0, 0.1) is 11.7 Å². The van der Waals surface area contributed by atoms with E-state index in [-0.39, 0.29) is 17.6 Å². The molecule has 1 rings (SSSR count). The van der Waals surface area contributed by atoms with Crippen molar-refractivity contribution in [2.24, 2.45) is 16.8 Å². The summed E-state index contributed by atoms with van der Waals surface area (Å²) in [6, 6.07) is 1.46. The minimum atomic E-state index is -0.340. The first-order valence-electron chi connectivity index (χ1n) is 5.86. The zero-order valence-electron chi connectivity index (χ0n) is 10.7. The molecule has 0 radical (unpaired) electrons. The van der Waals surface area contributed by atoms with Gasteiger partial charge >= 0.3 is 0 Å². The normalized spacial score (nSPS) is 13.9. The van der Waals surface area contributed by atoms with Crippen LogP contribution in [0.15, 0.2) is 23.6 Å². The molecule has 3 N–H and O–H groups in total. The van der Waals surface area contributed by atoms with Gasteiger partial charge in [0.05, 0.1) is 6.20 Å². The maximum atomic E-state index is 13.0. The second-order valence-corrected chi connectivity index (χ2v) is 4.27. The molecule has 18 heavy (non-hydrogen) atoms. The molecule has 6 heteroatoms. The summed E-state index contributed by atoms with van der Waals surface area (Å²) >= 11 is 0. The van der Waals surface area contributed by atoms with Gasteiger partial charge in [0.2, 0.25) is 0 Å². The number of amidine groups is 1. The minimum absolute atomic E-state index is 0.0588. The Morgan fingerprint density at radius 2 is 2.33 bits per heavy atom. The largest absolute Gasteiger partial charge is 0.409 e. The Balaban J connectivity index is 2.62. The van der Waals surface area contributed by atoms with E-state index >= 15 is 0 Å². The molecule has 1 heterocycles. The van der Waals surface area contributed by atoms with E-state index in [1.807, 2.05) is 13.8 Å². The van der Waals surface area contributed by atoms with Gasteiger partial charge in [-0.3, -0.25) is 9.88 Å². The van der Waals surface area contributed by atoms with Gasteiger partial charge in [-0.05, 0) is 18.2 Å². The third-order valence-corrected chi connectivity index (χ3v) is 2.77. The second kappa shape index (κ2) is 6.90. The monoisotopic (exact) mass is 254 g/mol. The van der Waals surface area contributed by atoms with Gasteiger partial charge in [-0.15, -0.1) is 0 Å². The number of nitrogens with zero attached hydrogens (tertiary/aromatic N) is 3. The standard InChI is InChI=1S/C12H19FN4O/c1-3-17(7-9(2)12(14)16-18)8-10-4-11(13)6-15-5-10/h4-6,9,18H,3,7-8H2,1-2H3,(H2,14,16). The Kier molecular flexibility index (Phi) is 5.51. The van der Waals surface area contributed by atoms with Crippen LogP contribution in [0.3, 0.4) is 0 Å². The van der Waals surface area contributed by atoms with E-state index in [1.165, 1.54) is 12.3 Å². The number of rotatable bonds is 6. The molecule has 100 valence electrons. The first-order valence-corrected chi connectivity index (χ1v) is 5.86. The van der Waals surface area contributed by atoms with E-state index in [1.54, 1.807) is 6.20 Å². The highest BCUT2D eigenvalue weighted by molar-refractivity contribution is 5.82. The predicted octanol–water partition coefficient (Wildman–Crippen LogP) is 1.43. The van der Waals surface area contributed by atoms with Crippen LogP contribution in [0.5, 0.6) is 0 Å². The average Bonchev–Trinajstić information content (AvgIpc) is 2.36. The van der Waals surface area contributed by atoms with Crippen LogP contribution >= 0.6 is 0 Å². The average molecular weight is 254 g/mol. The zero-order valence-corrected chi connectivity index (χ0v) is 10.7.